The Kier molecular flexibility index (Phi) is 9.19. The maximum Gasteiger partial charge on any atom is 0 e. The van der Waals surface area contributed by atoms with Crippen LogP contribution in [0.25, 0.3) is 0 Å². The molecule has 0 aliphatic carbocycles. The molecule has 0 saturated carbocycles. The van der Waals surface area contributed by atoms with Crippen LogP contribution in [0.5, 0.6) is 0 Å². The fraction of sp³-hybridized carbons (Fsp3) is 1.00. The molecular weight excluding hydrogens is 126 g/mol. The van der Waals surface area contributed by atoms with Gasteiger partial charge in [-0.1, -0.05) is 0 Å². The zero-order valence-electron chi connectivity index (χ0n) is 3.76. The van der Waals surface area contributed by atoms with Crippen LogP contribution in [0.4, 0.5) is 0 Å². The van der Waals surface area contributed by atoms with Crippen molar-refractivity contribution in [3.63, 3.8) is 0 Å². The van der Waals surface area contributed by atoms with Gasteiger partial charge in [0, 0.05) is 16.5 Å². The van der Waals surface area contributed by atoms with Crippen molar-refractivity contribution < 1.29 is 16.5 Å². The second-order valence-electron chi connectivity index (χ2n) is 1.34. The van der Waals surface area contributed by atoms with Crippen LogP contribution >= 0.6 is 7.92 Å². The van der Waals surface area contributed by atoms with Crippen LogP contribution in [0.1, 0.15) is 0 Å². The Morgan fingerprint density at radius 3 is 1.00 bits per heavy atom. The van der Waals surface area contributed by atoms with Crippen LogP contribution in [0.3, 0.4) is 0 Å². The maximum atomic E-state index is 2.23. The molecule has 36 valence electrons. The minimum atomic E-state index is 0. The standard InChI is InChI=1S/C3H9P.Ni/c1-4(2)3;/h1-3H3;. The molecule has 0 spiro atoms. The van der Waals surface area contributed by atoms with Crippen LogP contribution in [0.2, 0.25) is 0 Å². The summed E-state index contributed by atoms with van der Waals surface area (Å²) in [6.07, 6.45) is 0. The molecule has 0 nitrogen and oxygen atoms in total. The van der Waals surface area contributed by atoms with E-state index in [1.54, 1.807) is 0 Å². The van der Waals surface area contributed by atoms with E-state index in [9.17, 15) is 0 Å². The molecular formula is C3H9NiP. The number of hydrogen-bond donors (Lipinski definition) is 0. The molecule has 0 heterocycles. The van der Waals surface area contributed by atoms with Gasteiger partial charge in [-0.25, -0.2) is 0 Å². The van der Waals surface area contributed by atoms with Gasteiger partial charge in [-0.3, -0.25) is 0 Å². The average molecular weight is 135 g/mol. The largest absolute Gasteiger partial charge is 0.116 e. The summed E-state index contributed by atoms with van der Waals surface area (Å²) >= 11 is 0. The van der Waals surface area contributed by atoms with Gasteiger partial charge < -0.3 is 0 Å². The molecule has 0 amide bonds. The minimum Gasteiger partial charge on any atom is -0.116 e. The first-order chi connectivity index (χ1) is 1.73. The summed E-state index contributed by atoms with van der Waals surface area (Å²) in [4.78, 5) is 0. The molecule has 0 rings (SSSR count). The van der Waals surface area contributed by atoms with Crippen molar-refractivity contribution in [2.45, 2.75) is 0 Å². The quantitative estimate of drug-likeness (QED) is 0.347. The van der Waals surface area contributed by atoms with Gasteiger partial charge in [-0.05, 0) is 20.0 Å². The molecule has 0 aromatic heterocycles. The Bertz CT molecular complexity index is 11.6. The molecule has 0 aliphatic rings. The first-order valence-electron chi connectivity index (χ1n) is 1.34. The van der Waals surface area contributed by atoms with Crippen LogP contribution in [-0.2, 0) is 16.5 Å². The Labute approximate surface area is 45.0 Å². The smallest absolute Gasteiger partial charge is 0 e. The van der Waals surface area contributed by atoms with Crippen LogP contribution in [0.15, 0.2) is 0 Å². The number of rotatable bonds is 0. The molecule has 0 aliphatic heterocycles. The predicted molar refractivity (Wildman–Crippen MR) is 24.7 cm³/mol. The van der Waals surface area contributed by atoms with Crippen molar-refractivity contribution in [1.82, 2.24) is 0 Å². The minimum absolute atomic E-state index is 0. The monoisotopic (exact) mass is 134 g/mol. The topological polar surface area (TPSA) is 0 Å². The molecule has 0 unspecified atom stereocenters. The molecule has 0 fully saturated rings. The van der Waals surface area contributed by atoms with Gasteiger partial charge in [0.25, 0.3) is 0 Å². The van der Waals surface area contributed by atoms with E-state index in [-0.39, 0.29) is 16.5 Å². The fourth-order valence-electron chi connectivity index (χ4n) is 0. The van der Waals surface area contributed by atoms with Crippen molar-refractivity contribution in [2.24, 2.45) is 0 Å². The van der Waals surface area contributed by atoms with E-state index in [4.69, 9.17) is 0 Å². The van der Waals surface area contributed by atoms with E-state index < -0.39 is 0 Å². The second-order valence-corrected chi connectivity index (χ2v) is 4.02. The molecule has 0 bridgehead atoms. The Hall–Kier alpha value is 0.924. The Balaban J connectivity index is 0. The van der Waals surface area contributed by atoms with Crippen molar-refractivity contribution >= 4 is 7.92 Å². The third-order valence-electron chi connectivity index (χ3n) is 0. The summed E-state index contributed by atoms with van der Waals surface area (Å²) < 4.78 is 0. The van der Waals surface area contributed by atoms with Crippen molar-refractivity contribution in [1.29, 1.82) is 0 Å². The summed E-state index contributed by atoms with van der Waals surface area (Å²) in [5.74, 6) is 0. The fourth-order valence-corrected chi connectivity index (χ4v) is 0. The SMILES string of the molecule is CP(C)C.[Ni]. The van der Waals surface area contributed by atoms with Gasteiger partial charge in [-0.2, -0.15) is 0 Å². The zero-order chi connectivity index (χ0) is 3.58. The first kappa shape index (κ1) is 9.33. The maximum absolute atomic E-state index is 2.23. The van der Waals surface area contributed by atoms with Crippen molar-refractivity contribution in [3.8, 4) is 0 Å². The van der Waals surface area contributed by atoms with Gasteiger partial charge in [0.1, 0.15) is 0 Å². The molecule has 0 aromatic rings. The Morgan fingerprint density at radius 1 is 1.00 bits per heavy atom. The van der Waals surface area contributed by atoms with E-state index in [0.717, 1.165) is 0 Å². The molecule has 5 heavy (non-hydrogen) atoms. The first-order valence-corrected chi connectivity index (χ1v) is 4.02. The average Bonchev–Trinajstić information content (AvgIpc) is 0.811. The van der Waals surface area contributed by atoms with E-state index in [1.807, 2.05) is 0 Å². The third kappa shape index (κ3) is 49.3. The molecule has 0 N–H and O–H groups in total. The second kappa shape index (κ2) is 4.92. The molecule has 0 atom stereocenters. The van der Waals surface area contributed by atoms with Crippen LogP contribution in [-0.4, -0.2) is 20.0 Å². The van der Waals surface area contributed by atoms with Gasteiger partial charge in [0.05, 0.1) is 0 Å². The van der Waals surface area contributed by atoms with Crippen LogP contribution in [0, 0.1) is 0 Å². The van der Waals surface area contributed by atoms with Gasteiger partial charge in [-0.15, -0.1) is 7.92 Å². The molecule has 0 saturated heterocycles. The van der Waals surface area contributed by atoms with E-state index >= 15 is 0 Å². The zero-order valence-corrected chi connectivity index (χ0v) is 5.65. The van der Waals surface area contributed by atoms with Gasteiger partial charge in [0.2, 0.25) is 0 Å². The normalized spacial score (nSPS) is 7.20. The van der Waals surface area contributed by atoms with E-state index in [0.29, 0.717) is 7.92 Å². The van der Waals surface area contributed by atoms with Gasteiger partial charge in [0.15, 0.2) is 0 Å². The number of hydrogen-bond acceptors (Lipinski definition) is 0. The van der Waals surface area contributed by atoms with Crippen molar-refractivity contribution in [2.75, 3.05) is 20.0 Å². The van der Waals surface area contributed by atoms with Gasteiger partial charge >= 0.3 is 0 Å². The summed E-state index contributed by atoms with van der Waals surface area (Å²) in [6.45, 7) is 6.69. The summed E-state index contributed by atoms with van der Waals surface area (Å²) in [5, 5.41) is 0. The van der Waals surface area contributed by atoms with Crippen LogP contribution < -0.4 is 0 Å². The molecule has 2 heteroatoms. The molecule has 0 radical (unpaired) electrons. The predicted octanol–water partition coefficient (Wildman–Crippen LogP) is 1.36. The van der Waals surface area contributed by atoms with E-state index in [1.165, 1.54) is 0 Å². The summed E-state index contributed by atoms with van der Waals surface area (Å²) in [5.41, 5.74) is 0. The van der Waals surface area contributed by atoms with E-state index in [2.05, 4.69) is 20.0 Å². The molecule has 0 aromatic carbocycles. The summed E-state index contributed by atoms with van der Waals surface area (Å²) in [7, 11) is 0.380. The van der Waals surface area contributed by atoms with Crippen molar-refractivity contribution in [3.05, 3.63) is 0 Å². The third-order valence-corrected chi connectivity index (χ3v) is 0. The Morgan fingerprint density at radius 2 is 1.00 bits per heavy atom. The summed E-state index contributed by atoms with van der Waals surface area (Å²) in [6, 6.07) is 0.